The van der Waals surface area contributed by atoms with Crippen molar-refractivity contribution in [3.8, 4) is 5.75 Å². The molecule has 108 valence electrons. The van der Waals surface area contributed by atoms with Crippen molar-refractivity contribution >= 4 is 39.9 Å². The molecular weight excluding hydrogens is 379 g/mol. The van der Waals surface area contributed by atoms with Crippen molar-refractivity contribution < 1.29 is 9.53 Å². The summed E-state index contributed by atoms with van der Waals surface area (Å²) < 4.78 is 6.78. The minimum absolute atomic E-state index is 0.153. The smallest absolute Gasteiger partial charge is 0.259 e. The van der Waals surface area contributed by atoms with E-state index >= 15 is 0 Å². The monoisotopic (exact) mass is 394 g/mol. The molecule has 1 heterocycles. The van der Waals surface area contributed by atoms with Crippen LogP contribution in [0.4, 0.5) is 11.4 Å². The lowest BCUT2D eigenvalue weighted by Gasteiger charge is -2.21. The lowest BCUT2D eigenvalue weighted by molar-refractivity contribution is 0.102. The molecule has 0 unspecified atom stereocenters. The van der Waals surface area contributed by atoms with Crippen LogP contribution >= 0.6 is 22.6 Å². The van der Waals surface area contributed by atoms with Crippen molar-refractivity contribution in [3.63, 3.8) is 0 Å². The van der Waals surface area contributed by atoms with Gasteiger partial charge in [-0.25, -0.2) is 0 Å². The second-order valence-corrected chi connectivity index (χ2v) is 6.12. The average molecular weight is 394 g/mol. The van der Waals surface area contributed by atoms with Crippen molar-refractivity contribution in [1.29, 1.82) is 0 Å². The highest BCUT2D eigenvalue weighted by Crippen LogP contribution is 2.32. The van der Waals surface area contributed by atoms with Crippen molar-refractivity contribution in [2.45, 2.75) is 6.92 Å². The van der Waals surface area contributed by atoms with Crippen LogP contribution in [-0.4, -0.2) is 19.1 Å². The Hall–Kier alpha value is -1.76. The second-order valence-electron chi connectivity index (χ2n) is 4.87. The van der Waals surface area contributed by atoms with Crippen molar-refractivity contribution in [2.75, 3.05) is 23.8 Å². The van der Waals surface area contributed by atoms with E-state index in [1.807, 2.05) is 37.3 Å². The molecule has 1 amide bonds. The summed E-state index contributed by atoms with van der Waals surface area (Å²) >= 11 is 2.25. The van der Waals surface area contributed by atoms with Crippen molar-refractivity contribution in [2.24, 2.45) is 0 Å². The Morgan fingerprint density at radius 1 is 1.33 bits per heavy atom. The molecule has 0 atom stereocenters. The second kappa shape index (κ2) is 5.93. The molecule has 0 saturated heterocycles. The fraction of sp³-hybridized carbons (Fsp3) is 0.188. The van der Waals surface area contributed by atoms with Gasteiger partial charge < -0.3 is 15.4 Å². The summed E-state index contributed by atoms with van der Waals surface area (Å²) in [6.45, 7) is 3.31. The van der Waals surface area contributed by atoms with Gasteiger partial charge in [0.2, 0.25) is 0 Å². The van der Waals surface area contributed by atoms with Gasteiger partial charge in [0.1, 0.15) is 6.61 Å². The molecule has 1 aliphatic heterocycles. The summed E-state index contributed by atoms with van der Waals surface area (Å²) in [6.07, 6.45) is 0. The zero-order valence-electron chi connectivity index (χ0n) is 11.6. The van der Waals surface area contributed by atoms with E-state index in [-0.39, 0.29) is 5.91 Å². The molecule has 2 N–H and O–H groups in total. The quantitative estimate of drug-likeness (QED) is 0.765. The number of halogens is 1. The maximum absolute atomic E-state index is 12.5. The lowest BCUT2D eigenvalue weighted by Crippen LogP contribution is -2.22. The molecular formula is C16H15IN2O2. The van der Waals surface area contributed by atoms with Gasteiger partial charge >= 0.3 is 0 Å². The molecule has 0 saturated carbocycles. The van der Waals surface area contributed by atoms with Gasteiger partial charge in [0, 0.05) is 15.8 Å². The first-order chi connectivity index (χ1) is 10.1. The Morgan fingerprint density at radius 3 is 3.00 bits per heavy atom. The van der Waals surface area contributed by atoms with E-state index in [0.29, 0.717) is 17.9 Å². The molecule has 3 rings (SSSR count). The predicted octanol–water partition coefficient (Wildman–Crippen LogP) is 3.66. The van der Waals surface area contributed by atoms with E-state index < -0.39 is 0 Å². The maximum atomic E-state index is 12.5. The van der Waals surface area contributed by atoms with Crippen LogP contribution in [-0.2, 0) is 0 Å². The van der Waals surface area contributed by atoms with Crippen LogP contribution in [0.5, 0.6) is 5.75 Å². The first kappa shape index (κ1) is 14.2. The molecule has 4 nitrogen and oxygen atoms in total. The maximum Gasteiger partial charge on any atom is 0.259 e. The fourth-order valence-corrected chi connectivity index (χ4v) is 2.95. The molecule has 0 fully saturated rings. The van der Waals surface area contributed by atoms with Gasteiger partial charge in [-0.1, -0.05) is 6.07 Å². The fourth-order valence-electron chi connectivity index (χ4n) is 2.31. The van der Waals surface area contributed by atoms with E-state index in [1.54, 1.807) is 6.07 Å². The molecule has 0 radical (unpaired) electrons. The van der Waals surface area contributed by atoms with E-state index in [9.17, 15) is 4.79 Å². The molecule has 2 aromatic rings. The number of hydrogen-bond acceptors (Lipinski definition) is 3. The summed E-state index contributed by atoms with van der Waals surface area (Å²) in [5.41, 5.74) is 3.28. The van der Waals surface area contributed by atoms with Crippen LogP contribution in [0.15, 0.2) is 36.4 Å². The van der Waals surface area contributed by atoms with Crippen LogP contribution in [0.3, 0.4) is 0 Å². The molecule has 2 aromatic carbocycles. The van der Waals surface area contributed by atoms with Gasteiger partial charge in [0.25, 0.3) is 5.91 Å². The zero-order valence-corrected chi connectivity index (χ0v) is 13.7. The summed E-state index contributed by atoms with van der Waals surface area (Å²) in [4.78, 5) is 12.5. The largest absolute Gasteiger partial charge is 0.489 e. The first-order valence-electron chi connectivity index (χ1n) is 6.72. The molecule has 1 aliphatic rings. The Morgan fingerprint density at radius 2 is 2.19 bits per heavy atom. The molecule has 5 heteroatoms. The van der Waals surface area contributed by atoms with Crippen LogP contribution in [0, 0.1) is 10.5 Å². The van der Waals surface area contributed by atoms with Crippen molar-refractivity contribution in [1.82, 2.24) is 0 Å². The van der Waals surface area contributed by atoms with Crippen molar-refractivity contribution in [3.05, 3.63) is 51.1 Å². The van der Waals surface area contributed by atoms with E-state index in [1.165, 1.54) is 0 Å². The molecule has 0 bridgehead atoms. The third kappa shape index (κ3) is 2.97. The SMILES string of the molecule is Cc1cc(I)ccc1NC(=O)c1cccc2c1OCCN2. The Bertz CT molecular complexity index is 701. The van der Waals surface area contributed by atoms with E-state index in [0.717, 1.165) is 27.1 Å². The topological polar surface area (TPSA) is 50.4 Å². The number of amides is 1. The van der Waals surface area contributed by atoms with Gasteiger partial charge in [-0.2, -0.15) is 0 Å². The van der Waals surface area contributed by atoms with E-state index in [2.05, 4.69) is 33.2 Å². The molecule has 0 spiro atoms. The lowest BCUT2D eigenvalue weighted by atomic mass is 10.1. The van der Waals surface area contributed by atoms with Crippen LogP contribution in [0.1, 0.15) is 15.9 Å². The number of carbonyl (C=O) groups is 1. The number of carbonyl (C=O) groups excluding carboxylic acids is 1. The molecule has 0 aromatic heterocycles. The van der Waals surface area contributed by atoms with E-state index in [4.69, 9.17) is 4.74 Å². The Balaban J connectivity index is 1.89. The number of ether oxygens (including phenoxy) is 1. The Labute approximate surface area is 137 Å². The van der Waals surface area contributed by atoms with Gasteiger partial charge in [-0.15, -0.1) is 0 Å². The summed E-state index contributed by atoms with van der Waals surface area (Å²) in [6, 6.07) is 11.5. The van der Waals surface area contributed by atoms with Gasteiger partial charge in [-0.05, 0) is 65.4 Å². The highest BCUT2D eigenvalue weighted by Gasteiger charge is 2.19. The highest BCUT2D eigenvalue weighted by molar-refractivity contribution is 14.1. The number of hydrogen-bond donors (Lipinski definition) is 2. The number of rotatable bonds is 2. The standard InChI is InChI=1S/C16H15IN2O2/c1-10-9-11(17)5-6-13(10)19-16(20)12-3-2-4-14-15(12)21-8-7-18-14/h2-6,9,18H,7-8H2,1H3,(H,19,20). The summed E-state index contributed by atoms with van der Waals surface area (Å²) in [5, 5.41) is 6.19. The minimum atomic E-state index is -0.153. The number of nitrogens with one attached hydrogen (secondary N) is 2. The number of para-hydroxylation sites is 1. The summed E-state index contributed by atoms with van der Waals surface area (Å²) in [7, 11) is 0. The average Bonchev–Trinajstić information content (AvgIpc) is 2.49. The van der Waals surface area contributed by atoms with Gasteiger partial charge in [-0.3, -0.25) is 4.79 Å². The van der Waals surface area contributed by atoms with Crippen LogP contribution in [0.25, 0.3) is 0 Å². The molecule has 0 aliphatic carbocycles. The third-order valence-corrected chi connectivity index (χ3v) is 4.03. The number of anilines is 2. The van der Waals surface area contributed by atoms with Gasteiger partial charge in [0.05, 0.1) is 11.3 Å². The summed E-state index contributed by atoms with van der Waals surface area (Å²) in [5.74, 6) is 0.476. The van der Waals surface area contributed by atoms with Crippen LogP contribution in [0.2, 0.25) is 0 Å². The number of fused-ring (bicyclic) bond motifs is 1. The predicted molar refractivity (Wildman–Crippen MR) is 92.3 cm³/mol. The highest BCUT2D eigenvalue weighted by atomic mass is 127. The first-order valence-corrected chi connectivity index (χ1v) is 7.80. The Kier molecular flexibility index (Phi) is 4.01. The van der Waals surface area contributed by atoms with Crippen LogP contribution < -0.4 is 15.4 Å². The normalized spacial score (nSPS) is 12.9. The third-order valence-electron chi connectivity index (χ3n) is 3.36. The minimum Gasteiger partial charge on any atom is -0.489 e. The number of benzene rings is 2. The molecule has 21 heavy (non-hydrogen) atoms. The zero-order chi connectivity index (χ0) is 14.8. The van der Waals surface area contributed by atoms with Gasteiger partial charge in [0.15, 0.2) is 5.75 Å². The number of aryl methyl sites for hydroxylation is 1.